The van der Waals surface area contributed by atoms with E-state index in [-0.39, 0.29) is 0 Å². The van der Waals surface area contributed by atoms with Crippen LogP contribution in [-0.4, -0.2) is 23.2 Å². The zero-order chi connectivity index (χ0) is 27.1. The minimum absolute atomic E-state index is 0.764. The number of hydrogen-bond donors (Lipinski definition) is 0. The first-order chi connectivity index (χ1) is 19.3. The molecule has 2 aromatic carbocycles. The Labute approximate surface area is 238 Å². The summed E-state index contributed by atoms with van der Waals surface area (Å²) in [5.41, 5.74) is 1.92. The first-order valence-corrected chi connectivity index (χ1v) is 15.8. The number of ether oxygens (including phenoxy) is 2. The predicted octanol–water partition coefficient (Wildman–Crippen LogP) is 10.4. The Balaban J connectivity index is 1.36. The quantitative estimate of drug-likeness (QED) is 0.117. The topological polar surface area (TPSA) is 44.2 Å². The highest BCUT2D eigenvalue weighted by Gasteiger charge is 2.10. The minimum atomic E-state index is 0.764. The molecule has 0 bridgehead atoms. The fourth-order valence-corrected chi connectivity index (χ4v) is 5.88. The molecule has 0 fully saturated rings. The van der Waals surface area contributed by atoms with Crippen LogP contribution in [0.5, 0.6) is 11.5 Å². The second-order valence-corrected chi connectivity index (χ2v) is 11.4. The zero-order valence-corrected chi connectivity index (χ0v) is 24.6. The van der Waals surface area contributed by atoms with Gasteiger partial charge in [0.1, 0.15) is 11.5 Å². The molecule has 0 aliphatic carbocycles. The Bertz CT molecular complexity index is 1190. The third kappa shape index (κ3) is 9.13. The molecule has 0 aliphatic rings. The molecule has 0 saturated carbocycles. The van der Waals surface area contributed by atoms with Crippen LogP contribution in [0.15, 0.2) is 70.7 Å². The van der Waals surface area contributed by atoms with Crippen molar-refractivity contribution in [1.29, 1.82) is 0 Å². The molecular formula is C34H44N2O2S. The zero-order valence-electron chi connectivity index (χ0n) is 23.8. The van der Waals surface area contributed by atoms with Crippen LogP contribution in [0.3, 0.4) is 0 Å². The average Bonchev–Trinajstić information content (AvgIpc) is 2.96. The molecular weight excluding hydrogens is 500 g/mol. The van der Waals surface area contributed by atoms with E-state index in [9.17, 15) is 0 Å². The number of pyridine rings is 2. The van der Waals surface area contributed by atoms with E-state index >= 15 is 0 Å². The lowest BCUT2D eigenvalue weighted by Gasteiger charge is -2.11. The number of aromatic nitrogens is 2. The highest BCUT2D eigenvalue weighted by molar-refractivity contribution is 7.99. The van der Waals surface area contributed by atoms with Gasteiger partial charge in [-0.05, 0) is 49.2 Å². The molecule has 4 nitrogen and oxygen atoms in total. The van der Waals surface area contributed by atoms with Crippen LogP contribution in [0.2, 0.25) is 0 Å². The van der Waals surface area contributed by atoms with Crippen LogP contribution in [0, 0.1) is 0 Å². The van der Waals surface area contributed by atoms with Crippen molar-refractivity contribution in [1.82, 2.24) is 9.97 Å². The largest absolute Gasteiger partial charge is 0.494 e. The Morgan fingerprint density at radius 1 is 0.538 bits per heavy atom. The standard InChI is InChI=1S/C34H44N2O2S/c1-3-5-7-9-11-13-23-37-27-15-17-29-31(25-27)35-21-19-33(29)39-34-20-22-36-32-26-28(16-18-30(32)34)38-24-14-12-10-8-6-4-2/h15-22,25-26H,3-14,23-24H2,1-2H3. The van der Waals surface area contributed by atoms with Gasteiger partial charge in [0.05, 0.1) is 24.2 Å². The van der Waals surface area contributed by atoms with E-state index in [0.717, 1.165) is 59.4 Å². The van der Waals surface area contributed by atoms with E-state index in [1.165, 1.54) is 74.0 Å². The van der Waals surface area contributed by atoms with Crippen molar-refractivity contribution < 1.29 is 9.47 Å². The second kappa shape index (κ2) is 16.3. The van der Waals surface area contributed by atoms with E-state index in [1.54, 1.807) is 11.8 Å². The van der Waals surface area contributed by atoms with Crippen LogP contribution in [-0.2, 0) is 0 Å². The van der Waals surface area contributed by atoms with Gasteiger partial charge >= 0.3 is 0 Å². The van der Waals surface area contributed by atoms with Crippen LogP contribution in [0.25, 0.3) is 21.8 Å². The fraction of sp³-hybridized carbons (Fsp3) is 0.471. The average molecular weight is 545 g/mol. The van der Waals surface area contributed by atoms with Crippen molar-refractivity contribution in [2.45, 2.75) is 101 Å². The van der Waals surface area contributed by atoms with Crippen molar-refractivity contribution in [3.8, 4) is 11.5 Å². The Morgan fingerprint density at radius 3 is 1.44 bits per heavy atom. The molecule has 208 valence electrons. The highest BCUT2D eigenvalue weighted by atomic mass is 32.2. The first kappa shape index (κ1) is 29.2. The lowest BCUT2D eigenvalue weighted by Crippen LogP contribution is -1.97. The van der Waals surface area contributed by atoms with E-state index < -0.39 is 0 Å². The summed E-state index contributed by atoms with van der Waals surface area (Å²) < 4.78 is 12.1. The molecule has 0 aliphatic heterocycles. The number of fused-ring (bicyclic) bond motifs is 2. The normalized spacial score (nSPS) is 11.3. The van der Waals surface area contributed by atoms with Crippen LogP contribution in [0.4, 0.5) is 0 Å². The van der Waals surface area contributed by atoms with E-state index in [2.05, 4.69) is 72.3 Å². The fourth-order valence-electron chi connectivity index (χ4n) is 4.82. The lowest BCUT2D eigenvalue weighted by atomic mass is 10.1. The minimum Gasteiger partial charge on any atom is -0.494 e. The third-order valence-electron chi connectivity index (χ3n) is 7.10. The van der Waals surface area contributed by atoms with Gasteiger partial charge in [-0.15, -0.1) is 0 Å². The Kier molecular flexibility index (Phi) is 12.2. The summed E-state index contributed by atoms with van der Waals surface area (Å²) in [6.07, 6.45) is 19.0. The van der Waals surface area contributed by atoms with Crippen molar-refractivity contribution in [3.05, 3.63) is 60.9 Å². The van der Waals surface area contributed by atoms with E-state index in [0.29, 0.717) is 0 Å². The maximum Gasteiger partial charge on any atom is 0.121 e. The summed E-state index contributed by atoms with van der Waals surface area (Å²) in [7, 11) is 0. The number of unbranched alkanes of at least 4 members (excludes halogenated alkanes) is 10. The van der Waals surface area contributed by atoms with Gasteiger partial charge in [-0.1, -0.05) is 89.8 Å². The van der Waals surface area contributed by atoms with Crippen molar-refractivity contribution >= 4 is 33.6 Å². The molecule has 0 radical (unpaired) electrons. The molecule has 0 spiro atoms. The summed E-state index contributed by atoms with van der Waals surface area (Å²) in [6.45, 7) is 6.03. The van der Waals surface area contributed by atoms with E-state index in [4.69, 9.17) is 9.47 Å². The molecule has 0 atom stereocenters. The number of nitrogens with zero attached hydrogens (tertiary/aromatic N) is 2. The molecule has 2 aromatic heterocycles. The van der Waals surface area contributed by atoms with Gasteiger partial charge in [0.2, 0.25) is 0 Å². The summed E-state index contributed by atoms with van der Waals surface area (Å²) in [4.78, 5) is 11.6. The number of rotatable bonds is 18. The molecule has 4 rings (SSSR count). The van der Waals surface area contributed by atoms with Crippen molar-refractivity contribution in [3.63, 3.8) is 0 Å². The maximum atomic E-state index is 6.04. The van der Waals surface area contributed by atoms with Gasteiger partial charge < -0.3 is 9.47 Å². The van der Waals surface area contributed by atoms with Gasteiger partial charge in [0.25, 0.3) is 0 Å². The first-order valence-electron chi connectivity index (χ1n) is 15.0. The van der Waals surface area contributed by atoms with Gasteiger partial charge in [0, 0.05) is 45.1 Å². The number of hydrogen-bond acceptors (Lipinski definition) is 5. The molecule has 39 heavy (non-hydrogen) atoms. The van der Waals surface area contributed by atoms with Crippen molar-refractivity contribution in [2.24, 2.45) is 0 Å². The molecule has 2 heterocycles. The SMILES string of the molecule is CCCCCCCCOc1ccc2c(Sc3ccnc4cc(OCCCCCCCC)ccc34)ccnc2c1. The summed E-state index contributed by atoms with van der Waals surface area (Å²) in [5, 5.41) is 2.27. The number of benzene rings is 2. The van der Waals surface area contributed by atoms with Crippen molar-refractivity contribution in [2.75, 3.05) is 13.2 Å². The second-order valence-electron chi connectivity index (χ2n) is 10.3. The monoisotopic (exact) mass is 544 g/mol. The molecule has 0 N–H and O–H groups in total. The Morgan fingerprint density at radius 2 is 0.974 bits per heavy atom. The summed E-state index contributed by atoms with van der Waals surface area (Å²) in [5.74, 6) is 1.79. The molecule has 0 saturated heterocycles. The smallest absolute Gasteiger partial charge is 0.121 e. The Hall–Kier alpha value is -2.79. The van der Waals surface area contributed by atoms with Crippen LogP contribution >= 0.6 is 11.8 Å². The maximum absolute atomic E-state index is 6.04. The third-order valence-corrected chi connectivity index (χ3v) is 8.25. The predicted molar refractivity (Wildman–Crippen MR) is 165 cm³/mol. The molecule has 4 aromatic rings. The van der Waals surface area contributed by atoms with Gasteiger partial charge in [-0.3, -0.25) is 9.97 Å². The van der Waals surface area contributed by atoms with Gasteiger partial charge in [-0.25, -0.2) is 0 Å². The molecule has 5 heteroatoms. The summed E-state index contributed by atoms with van der Waals surface area (Å²) in [6, 6.07) is 16.7. The van der Waals surface area contributed by atoms with Crippen LogP contribution in [0.1, 0.15) is 90.9 Å². The molecule has 0 amide bonds. The highest BCUT2D eigenvalue weighted by Crippen LogP contribution is 2.37. The lowest BCUT2D eigenvalue weighted by molar-refractivity contribution is 0.304. The van der Waals surface area contributed by atoms with Crippen LogP contribution < -0.4 is 9.47 Å². The van der Waals surface area contributed by atoms with Gasteiger partial charge in [0.15, 0.2) is 0 Å². The summed E-state index contributed by atoms with van der Waals surface area (Å²) >= 11 is 1.76. The molecule has 0 unspecified atom stereocenters. The van der Waals surface area contributed by atoms with Gasteiger partial charge in [-0.2, -0.15) is 0 Å². The van der Waals surface area contributed by atoms with E-state index in [1.807, 2.05) is 12.4 Å².